The van der Waals surface area contributed by atoms with E-state index in [4.69, 9.17) is 16.4 Å². The fourth-order valence-electron chi connectivity index (χ4n) is 2.01. The molecule has 1 aromatic carbocycles. The van der Waals surface area contributed by atoms with Crippen LogP contribution >= 0.6 is 11.6 Å². The van der Waals surface area contributed by atoms with Gasteiger partial charge in [-0.2, -0.15) is 4.73 Å². The van der Waals surface area contributed by atoms with Crippen LogP contribution in [-0.4, -0.2) is 47.5 Å². The van der Waals surface area contributed by atoms with Gasteiger partial charge in [-0.3, -0.25) is 0 Å². The second-order valence-corrected chi connectivity index (χ2v) is 5.54. The maximum atomic E-state index is 10.5. The first-order chi connectivity index (χ1) is 10.0. The minimum atomic E-state index is -0.852. The van der Waals surface area contributed by atoms with Crippen molar-refractivity contribution in [3.63, 3.8) is 0 Å². The zero-order chi connectivity index (χ0) is 15.4. The van der Waals surface area contributed by atoms with Crippen molar-refractivity contribution in [2.45, 2.75) is 12.5 Å². The lowest BCUT2D eigenvalue weighted by Gasteiger charge is -2.12. The van der Waals surface area contributed by atoms with E-state index in [0.717, 1.165) is 24.2 Å². The highest BCUT2D eigenvalue weighted by atomic mass is 35.5. The summed E-state index contributed by atoms with van der Waals surface area (Å²) in [4.78, 5) is 11.8. The largest absolute Gasteiger partial charge is 0.416 e. The van der Waals surface area contributed by atoms with Crippen LogP contribution in [0, 0.1) is 0 Å². The van der Waals surface area contributed by atoms with Gasteiger partial charge in [0.2, 0.25) is 0 Å². The van der Waals surface area contributed by atoms with Crippen LogP contribution in [-0.2, 0) is 6.42 Å². The third-order valence-corrected chi connectivity index (χ3v) is 3.44. The van der Waals surface area contributed by atoms with Crippen LogP contribution in [0.2, 0.25) is 5.02 Å². The molecule has 0 aliphatic carbocycles. The number of hydrogen-bond donors (Lipinski definition) is 1. The molecule has 0 saturated carbocycles. The summed E-state index contributed by atoms with van der Waals surface area (Å²) in [6.07, 6.45) is 1.75. The SMILES string of the molecule is COn1cc(CCN(C)C)nc1C(O)c1ccc(Cl)cc1. The molecule has 0 spiro atoms. The Balaban J connectivity index is 2.23. The van der Waals surface area contributed by atoms with E-state index in [1.807, 2.05) is 14.1 Å². The van der Waals surface area contributed by atoms with Gasteiger partial charge in [-0.25, -0.2) is 4.98 Å². The van der Waals surface area contributed by atoms with Gasteiger partial charge in [0.05, 0.1) is 11.9 Å². The number of aliphatic hydroxyl groups excluding tert-OH is 1. The van der Waals surface area contributed by atoms with Gasteiger partial charge in [-0.15, -0.1) is 0 Å². The number of aliphatic hydroxyl groups is 1. The van der Waals surface area contributed by atoms with Crippen molar-refractivity contribution in [3.05, 3.63) is 52.6 Å². The molecule has 1 heterocycles. The number of hydrogen-bond acceptors (Lipinski definition) is 4. The van der Waals surface area contributed by atoms with Crippen molar-refractivity contribution in [3.8, 4) is 0 Å². The number of likely N-dealkylation sites (N-methyl/N-ethyl adjacent to an activating group) is 1. The van der Waals surface area contributed by atoms with Crippen LogP contribution in [0.15, 0.2) is 30.5 Å². The minimum Gasteiger partial charge on any atom is -0.416 e. The third-order valence-electron chi connectivity index (χ3n) is 3.19. The highest BCUT2D eigenvalue weighted by molar-refractivity contribution is 6.30. The van der Waals surface area contributed by atoms with E-state index < -0.39 is 6.10 Å². The summed E-state index contributed by atoms with van der Waals surface area (Å²) in [5.41, 5.74) is 1.61. The molecule has 6 heteroatoms. The molecule has 1 unspecified atom stereocenters. The van der Waals surface area contributed by atoms with Crippen molar-refractivity contribution >= 4 is 11.6 Å². The van der Waals surface area contributed by atoms with Crippen LogP contribution in [0.4, 0.5) is 0 Å². The molecule has 1 N–H and O–H groups in total. The Morgan fingerprint density at radius 1 is 1.33 bits per heavy atom. The number of halogens is 1. The van der Waals surface area contributed by atoms with Crippen molar-refractivity contribution < 1.29 is 9.94 Å². The molecule has 0 aliphatic rings. The third kappa shape index (κ3) is 3.97. The number of aromatic nitrogens is 2. The monoisotopic (exact) mass is 309 g/mol. The summed E-state index contributed by atoms with van der Waals surface area (Å²) in [7, 11) is 5.57. The molecule has 1 atom stereocenters. The van der Waals surface area contributed by atoms with E-state index in [1.165, 1.54) is 4.73 Å². The molecule has 114 valence electrons. The average molecular weight is 310 g/mol. The normalized spacial score (nSPS) is 12.7. The maximum Gasteiger partial charge on any atom is 0.178 e. The second-order valence-electron chi connectivity index (χ2n) is 5.11. The first kappa shape index (κ1) is 15.8. The van der Waals surface area contributed by atoms with Crippen molar-refractivity contribution in [1.82, 2.24) is 14.6 Å². The molecular weight excluding hydrogens is 290 g/mol. The molecule has 0 amide bonds. The van der Waals surface area contributed by atoms with Crippen LogP contribution in [0.25, 0.3) is 0 Å². The van der Waals surface area contributed by atoms with E-state index in [1.54, 1.807) is 37.6 Å². The molecule has 0 fully saturated rings. The van der Waals surface area contributed by atoms with Crippen LogP contribution in [0.5, 0.6) is 0 Å². The predicted octanol–water partition coefficient (Wildman–Crippen LogP) is 1.78. The van der Waals surface area contributed by atoms with E-state index in [9.17, 15) is 5.11 Å². The molecular formula is C15H20ClN3O2. The van der Waals surface area contributed by atoms with Crippen molar-refractivity contribution in [2.75, 3.05) is 27.7 Å². The van der Waals surface area contributed by atoms with Gasteiger partial charge in [0.15, 0.2) is 5.82 Å². The molecule has 0 aliphatic heterocycles. The quantitative estimate of drug-likeness (QED) is 0.884. The molecule has 2 rings (SSSR count). The van der Waals surface area contributed by atoms with Crippen molar-refractivity contribution in [1.29, 1.82) is 0 Å². The van der Waals surface area contributed by atoms with Gasteiger partial charge in [0, 0.05) is 18.0 Å². The summed E-state index contributed by atoms with van der Waals surface area (Å²) >= 11 is 5.86. The standard InChI is InChI=1S/C15H20ClN3O2/c1-18(2)9-8-13-10-19(21-3)15(17-13)14(20)11-4-6-12(16)7-5-11/h4-7,10,14,20H,8-9H2,1-3H3. The summed E-state index contributed by atoms with van der Waals surface area (Å²) in [5.74, 6) is 0.466. The Morgan fingerprint density at radius 3 is 2.57 bits per heavy atom. The highest BCUT2D eigenvalue weighted by Crippen LogP contribution is 2.22. The van der Waals surface area contributed by atoms with Gasteiger partial charge in [-0.1, -0.05) is 23.7 Å². The number of benzene rings is 1. The average Bonchev–Trinajstić information content (AvgIpc) is 2.88. The topological polar surface area (TPSA) is 50.5 Å². The Bertz CT molecular complexity index is 581. The number of rotatable bonds is 6. The first-order valence-corrected chi connectivity index (χ1v) is 7.10. The lowest BCUT2D eigenvalue weighted by Crippen LogP contribution is -2.15. The van der Waals surface area contributed by atoms with Gasteiger partial charge < -0.3 is 14.8 Å². The lowest BCUT2D eigenvalue weighted by molar-refractivity contribution is 0.121. The molecule has 0 radical (unpaired) electrons. The second kappa shape index (κ2) is 6.93. The van der Waals surface area contributed by atoms with Crippen molar-refractivity contribution in [2.24, 2.45) is 0 Å². The molecule has 5 nitrogen and oxygen atoms in total. The number of nitrogens with zero attached hydrogens (tertiary/aromatic N) is 3. The fourth-order valence-corrected chi connectivity index (χ4v) is 2.13. The molecule has 0 bridgehead atoms. The van der Waals surface area contributed by atoms with Gasteiger partial charge in [0.25, 0.3) is 0 Å². The summed E-state index contributed by atoms with van der Waals surface area (Å²) in [6.45, 7) is 0.886. The van der Waals surface area contributed by atoms with Gasteiger partial charge >= 0.3 is 0 Å². The van der Waals surface area contributed by atoms with E-state index in [2.05, 4.69) is 9.88 Å². The Hall–Kier alpha value is -1.56. The van der Waals surface area contributed by atoms with E-state index in [-0.39, 0.29) is 0 Å². The fraction of sp³-hybridized carbons (Fsp3) is 0.400. The Kier molecular flexibility index (Phi) is 5.22. The van der Waals surface area contributed by atoms with Crippen LogP contribution < -0.4 is 4.84 Å². The molecule has 1 aromatic heterocycles. The minimum absolute atomic E-state index is 0.466. The first-order valence-electron chi connectivity index (χ1n) is 6.72. The highest BCUT2D eigenvalue weighted by Gasteiger charge is 2.19. The van der Waals surface area contributed by atoms with Gasteiger partial charge in [-0.05, 0) is 31.8 Å². The van der Waals surface area contributed by atoms with E-state index in [0.29, 0.717) is 10.8 Å². The molecule has 2 aromatic rings. The Morgan fingerprint density at radius 2 is 2.00 bits per heavy atom. The number of imidazole rings is 1. The van der Waals surface area contributed by atoms with Crippen LogP contribution in [0.1, 0.15) is 23.2 Å². The summed E-state index contributed by atoms with van der Waals surface area (Å²) in [6, 6.07) is 7.04. The summed E-state index contributed by atoms with van der Waals surface area (Å²) in [5, 5.41) is 11.1. The zero-order valence-corrected chi connectivity index (χ0v) is 13.2. The van der Waals surface area contributed by atoms with E-state index >= 15 is 0 Å². The zero-order valence-electron chi connectivity index (χ0n) is 12.5. The smallest absolute Gasteiger partial charge is 0.178 e. The summed E-state index contributed by atoms with van der Waals surface area (Å²) < 4.78 is 1.50. The molecule has 21 heavy (non-hydrogen) atoms. The lowest BCUT2D eigenvalue weighted by atomic mass is 10.1. The Labute approximate surface area is 129 Å². The predicted molar refractivity (Wildman–Crippen MR) is 82.5 cm³/mol. The van der Waals surface area contributed by atoms with Gasteiger partial charge in [0.1, 0.15) is 13.2 Å². The molecule has 0 saturated heterocycles. The maximum absolute atomic E-state index is 10.5. The van der Waals surface area contributed by atoms with Crippen LogP contribution in [0.3, 0.4) is 0 Å².